The molecule has 4 N–H and O–H groups in total. The molecule has 0 spiro atoms. The molecule has 19 heavy (non-hydrogen) atoms. The summed E-state index contributed by atoms with van der Waals surface area (Å²) in [5.74, 6) is 0.493. The predicted octanol–water partition coefficient (Wildman–Crippen LogP) is 0.161. The number of methoxy groups -OCH3 is 1. The summed E-state index contributed by atoms with van der Waals surface area (Å²) in [6.45, 7) is 0.646. The quantitative estimate of drug-likeness (QED) is 0.584. The highest BCUT2D eigenvalue weighted by Gasteiger charge is 2.06. The van der Waals surface area contributed by atoms with Crippen LogP contribution >= 0.6 is 0 Å². The summed E-state index contributed by atoms with van der Waals surface area (Å²) < 4.78 is 10.1. The smallest absolute Gasteiger partial charge is 0.223 e. The highest BCUT2D eigenvalue weighted by atomic mass is 16.5. The van der Waals surface area contributed by atoms with Crippen LogP contribution in [0.1, 0.15) is 6.42 Å². The van der Waals surface area contributed by atoms with Gasteiger partial charge in [-0.15, -0.1) is 0 Å². The SMILES string of the molecule is COCC(O)CNC(=O)CCOc1ccc(N)cc1. The van der Waals surface area contributed by atoms with Gasteiger partial charge in [0.1, 0.15) is 5.75 Å². The fraction of sp³-hybridized carbons (Fsp3) is 0.462. The van der Waals surface area contributed by atoms with Crippen LogP contribution < -0.4 is 15.8 Å². The Morgan fingerprint density at radius 2 is 2.11 bits per heavy atom. The van der Waals surface area contributed by atoms with Crippen LogP contribution in [0.2, 0.25) is 0 Å². The second-order valence-electron chi connectivity index (χ2n) is 4.08. The van der Waals surface area contributed by atoms with Crippen LogP contribution in [-0.2, 0) is 9.53 Å². The van der Waals surface area contributed by atoms with Crippen molar-refractivity contribution in [3.63, 3.8) is 0 Å². The third-order valence-corrected chi connectivity index (χ3v) is 2.37. The van der Waals surface area contributed by atoms with Crippen molar-refractivity contribution in [3.8, 4) is 5.75 Å². The molecule has 1 aromatic carbocycles. The van der Waals surface area contributed by atoms with Crippen molar-refractivity contribution in [3.05, 3.63) is 24.3 Å². The van der Waals surface area contributed by atoms with Crippen LogP contribution in [0.3, 0.4) is 0 Å². The molecule has 1 aromatic rings. The van der Waals surface area contributed by atoms with Crippen LogP contribution in [0.4, 0.5) is 5.69 Å². The first-order valence-electron chi connectivity index (χ1n) is 6.04. The molecule has 0 aliphatic carbocycles. The number of nitrogen functional groups attached to an aromatic ring is 1. The van der Waals surface area contributed by atoms with Crippen molar-refractivity contribution in [2.24, 2.45) is 0 Å². The van der Waals surface area contributed by atoms with Gasteiger partial charge in [-0.25, -0.2) is 0 Å². The molecular weight excluding hydrogens is 248 g/mol. The second-order valence-corrected chi connectivity index (χ2v) is 4.08. The first-order valence-corrected chi connectivity index (χ1v) is 6.04. The fourth-order valence-electron chi connectivity index (χ4n) is 1.40. The van der Waals surface area contributed by atoms with Gasteiger partial charge in [0.25, 0.3) is 0 Å². The van der Waals surface area contributed by atoms with Crippen LogP contribution in [0.5, 0.6) is 5.75 Å². The zero-order valence-electron chi connectivity index (χ0n) is 11.0. The molecule has 0 heterocycles. The molecule has 0 aliphatic rings. The van der Waals surface area contributed by atoms with Crippen LogP contribution in [0.25, 0.3) is 0 Å². The Kier molecular flexibility index (Phi) is 6.70. The molecule has 6 nitrogen and oxygen atoms in total. The van der Waals surface area contributed by atoms with E-state index in [1.807, 2.05) is 0 Å². The number of rotatable bonds is 8. The average Bonchev–Trinajstić information content (AvgIpc) is 2.39. The number of nitrogens with one attached hydrogen (secondary N) is 1. The maximum absolute atomic E-state index is 11.4. The number of ether oxygens (including phenoxy) is 2. The molecule has 106 valence electrons. The normalized spacial score (nSPS) is 11.9. The largest absolute Gasteiger partial charge is 0.493 e. The summed E-state index contributed by atoms with van der Waals surface area (Å²) in [7, 11) is 1.49. The molecule has 0 saturated heterocycles. The lowest BCUT2D eigenvalue weighted by Gasteiger charge is -2.11. The summed E-state index contributed by atoms with van der Waals surface area (Å²) in [4.78, 5) is 11.4. The maximum atomic E-state index is 11.4. The van der Waals surface area contributed by atoms with E-state index in [9.17, 15) is 9.90 Å². The third kappa shape index (κ3) is 6.64. The number of amides is 1. The summed E-state index contributed by atoms with van der Waals surface area (Å²) in [5.41, 5.74) is 6.21. The Morgan fingerprint density at radius 3 is 2.74 bits per heavy atom. The molecule has 1 unspecified atom stereocenters. The molecule has 0 fully saturated rings. The number of hydrogen-bond acceptors (Lipinski definition) is 5. The summed E-state index contributed by atoms with van der Waals surface area (Å²) in [6, 6.07) is 6.96. The van der Waals surface area contributed by atoms with Crippen LogP contribution in [-0.4, -0.2) is 44.0 Å². The molecule has 0 saturated carbocycles. The summed E-state index contributed by atoms with van der Waals surface area (Å²) in [6.07, 6.45) is -0.462. The van der Waals surface area contributed by atoms with Gasteiger partial charge in [0.15, 0.2) is 0 Å². The van der Waals surface area contributed by atoms with Crippen molar-refractivity contribution in [1.29, 1.82) is 0 Å². The second kappa shape index (κ2) is 8.34. The zero-order valence-corrected chi connectivity index (χ0v) is 11.0. The Morgan fingerprint density at radius 1 is 1.42 bits per heavy atom. The van der Waals surface area contributed by atoms with E-state index in [1.54, 1.807) is 24.3 Å². The third-order valence-electron chi connectivity index (χ3n) is 2.37. The van der Waals surface area contributed by atoms with Gasteiger partial charge in [-0.2, -0.15) is 0 Å². The van der Waals surface area contributed by atoms with Crippen molar-refractivity contribution in [2.45, 2.75) is 12.5 Å². The first kappa shape index (κ1) is 15.3. The summed E-state index contributed by atoms with van der Waals surface area (Å²) in [5, 5.41) is 11.9. The number of anilines is 1. The van der Waals surface area contributed by atoms with Gasteiger partial charge in [0.2, 0.25) is 5.91 Å². The van der Waals surface area contributed by atoms with E-state index in [2.05, 4.69) is 5.32 Å². The lowest BCUT2D eigenvalue weighted by Crippen LogP contribution is -2.34. The number of aliphatic hydroxyl groups excluding tert-OH is 1. The standard InChI is InChI=1S/C13H20N2O4/c1-18-9-11(16)8-15-13(17)6-7-19-12-4-2-10(14)3-5-12/h2-5,11,16H,6-9,14H2,1H3,(H,15,17). The van der Waals surface area contributed by atoms with Crippen molar-refractivity contribution in [1.82, 2.24) is 5.32 Å². The van der Waals surface area contributed by atoms with Gasteiger partial charge in [-0.3, -0.25) is 4.79 Å². The first-order chi connectivity index (χ1) is 9.11. The van der Waals surface area contributed by atoms with Gasteiger partial charge < -0.3 is 25.6 Å². The maximum Gasteiger partial charge on any atom is 0.223 e. The minimum Gasteiger partial charge on any atom is -0.493 e. The van der Waals surface area contributed by atoms with Gasteiger partial charge in [0.05, 0.1) is 25.7 Å². The van der Waals surface area contributed by atoms with Gasteiger partial charge >= 0.3 is 0 Å². The number of hydrogen-bond donors (Lipinski definition) is 3. The monoisotopic (exact) mass is 268 g/mol. The lowest BCUT2D eigenvalue weighted by atomic mass is 10.3. The summed E-state index contributed by atoms with van der Waals surface area (Å²) >= 11 is 0. The van der Waals surface area contributed by atoms with Crippen molar-refractivity contribution in [2.75, 3.05) is 32.6 Å². The Hall–Kier alpha value is -1.79. The Bertz CT molecular complexity index is 381. The lowest BCUT2D eigenvalue weighted by molar-refractivity contribution is -0.122. The van der Waals surface area contributed by atoms with E-state index < -0.39 is 6.10 Å². The number of aliphatic hydroxyl groups is 1. The molecule has 1 amide bonds. The highest BCUT2D eigenvalue weighted by Crippen LogP contribution is 2.12. The molecule has 1 rings (SSSR count). The van der Waals surface area contributed by atoms with Crippen molar-refractivity contribution >= 4 is 11.6 Å². The van der Waals surface area contributed by atoms with E-state index in [1.165, 1.54) is 7.11 Å². The minimum absolute atomic E-state index is 0.175. The van der Waals surface area contributed by atoms with E-state index in [0.29, 0.717) is 11.4 Å². The van der Waals surface area contributed by atoms with Crippen LogP contribution in [0, 0.1) is 0 Å². The van der Waals surface area contributed by atoms with Gasteiger partial charge in [-0.05, 0) is 24.3 Å². The van der Waals surface area contributed by atoms with Gasteiger partial charge in [-0.1, -0.05) is 0 Å². The topological polar surface area (TPSA) is 93.8 Å². The number of nitrogens with two attached hydrogens (primary N) is 1. The van der Waals surface area contributed by atoms with E-state index >= 15 is 0 Å². The molecule has 0 aromatic heterocycles. The Labute approximate surface area is 112 Å². The molecular formula is C13H20N2O4. The van der Waals surface area contributed by atoms with E-state index in [4.69, 9.17) is 15.2 Å². The molecule has 0 radical (unpaired) electrons. The van der Waals surface area contributed by atoms with Gasteiger partial charge in [0, 0.05) is 19.3 Å². The molecule has 1 atom stereocenters. The number of carbonyl (C=O) groups is 1. The number of benzene rings is 1. The Balaban J connectivity index is 2.15. The zero-order chi connectivity index (χ0) is 14.1. The molecule has 6 heteroatoms. The van der Waals surface area contributed by atoms with E-state index in [-0.39, 0.29) is 32.1 Å². The molecule has 0 bridgehead atoms. The highest BCUT2D eigenvalue weighted by molar-refractivity contribution is 5.76. The predicted molar refractivity (Wildman–Crippen MR) is 71.9 cm³/mol. The number of carbonyl (C=O) groups excluding carboxylic acids is 1. The minimum atomic E-state index is -0.688. The van der Waals surface area contributed by atoms with Crippen LogP contribution in [0.15, 0.2) is 24.3 Å². The van der Waals surface area contributed by atoms with Crippen molar-refractivity contribution < 1.29 is 19.4 Å². The average molecular weight is 268 g/mol. The fourth-order valence-corrected chi connectivity index (χ4v) is 1.40. The molecule has 0 aliphatic heterocycles. The van der Waals surface area contributed by atoms with E-state index in [0.717, 1.165) is 0 Å².